The topological polar surface area (TPSA) is 77.0 Å². The number of amides is 1. The molecule has 2 aromatic rings. The van der Waals surface area contributed by atoms with Gasteiger partial charge in [0.1, 0.15) is 17.1 Å². The lowest BCUT2D eigenvalue weighted by atomic mass is 9.99. The first-order valence-electron chi connectivity index (χ1n) is 8.81. The monoisotopic (exact) mass is 407 g/mol. The fourth-order valence-corrected chi connectivity index (χ4v) is 3.12. The third kappa shape index (κ3) is 5.78. The number of phenolic OH excluding ortho intramolecular Hbond substituents is 1. The molecule has 152 valence electrons. The van der Waals surface area contributed by atoms with Crippen molar-refractivity contribution in [2.45, 2.75) is 38.9 Å². The normalized spacial score (nSPS) is 12.4. The summed E-state index contributed by atoms with van der Waals surface area (Å²) >= 11 is 6.35. The molecule has 0 saturated heterocycles. The minimum atomic E-state index is -0.616. The molecule has 7 heteroatoms. The molecule has 1 amide bonds. The van der Waals surface area contributed by atoms with E-state index in [1.54, 1.807) is 58.2 Å². The van der Waals surface area contributed by atoms with Gasteiger partial charge in [-0.1, -0.05) is 29.8 Å². The van der Waals surface area contributed by atoms with Gasteiger partial charge < -0.3 is 19.3 Å². The van der Waals surface area contributed by atoms with E-state index in [1.807, 2.05) is 6.07 Å². The molecule has 1 unspecified atom stereocenters. The Balaban J connectivity index is 2.33. The first-order valence-corrected chi connectivity index (χ1v) is 9.19. The maximum Gasteiger partial charge on any atom is 0.412 e. The number of carbonyl (C=O) groups is 1. The molecule has 0 spiro atoms. The molecule has 0 saturated carbocycles. The summed E-state index contributed by atoms with van der Waals surface area (Å²) in [5.74, 6) is 0.622. The highest BCUT2D eigenvalue weighted by molar-refractivity contribution is 6.32. The second kappa shape index (κ2) is 9.17. The number of aromatic hydroxyl groups is 1. The Morgan fingerprint density at radius 3 is 2.46 bits per heavy atom. The van der Waals surface area contributed by atoms with E-state index in [0.717, 1.165) is 5.56 Å². The van der Waals surface area contributed by atoms with Crippen molar-refractivity contribution in [1.82, 2.24) is 0 Å². The predicted octanol–water partition coefficient (Wildman–Crippen LogP) is 5.33. The zero-order valence-electron chi connectivity index (χ0n) is 16.7. The number of phenols is 1. The van der Waals surface area contributed by atoms with Gasteiger partial charge in [0, 0.05) is 30.3 Å². The number of halogens is 1. The average Bonchev–Trinajstić information content (AvgIpc) is 2.58. The number of benzene rings is 2. The van der Waals surface area contributed by atoms with Crippen molar-refractivity contribution < 1.29 is 24.1 Å². The number of nitrogens with one attached hydrogen (secondary N) is 1. The maximum atomic E-state index is 12.1. The van der Waals surface area contributed by atoms with E-state index in [0.29, 0.717) is 28.4 Å². The van der Waals surface area contributed by atoms with E-state index >= 15 is 0 Å². The lowest BCUT2D eigenvalue weighted by Gasteiger charge is -2.21. The molecule has 2 rings (SSSR count). The van der Waals surface area contributed by atoms with E-state index in [2.05, 4.69) is 5.32 Å². The van der Waals surface area contributed by atoms with Crippen LogP contribution in [0.2, 0.25) is 5.02 Å². The minimum absolute atomic E-state index is 0.141. The van der Waals surface area contributed by atoms with Gasteiger partial charge in [-0.15, -0.1) is 0 Å². The molecule has 1 atom stereocenters. The van der Waals surface area contributed by atoms with Crippen LogP contribution in [0.3, 0.4) is 0 Å². The Morgan fingerprint density at radius 1 is 1.21 bits per heavy atom. The standard InChI is InChI=1S/C21H26ClNO5/c1-21(2,3)28-20(25)23-14-10-13(19(27-5)16(22)12-14)11-18(26-4)15-8-6-7-9-17(15)24/h6-10,12,18,24H,11H2,1-5H3,(H,23,25). The van der Waals surface area contributed by atoms with Crippen LogP contribution in [0.15, 0.2) is 36.4 Å². The van der Waals surface area contributed by atoms with E-state index < -0.39 is 17.8 Å². The summed E-state index contributed by atoms with van der Waals surface area (Å²) in [7, 11) is 3.08. The summed E-state index contributed by atoms with van der Waals surface area (Å²) in [5, 5.41) is 13.2. The Morgan fingerprint density at radius 2 is 1.89 bits per heavy atom. The lowest BCUT2D eigenvalue weighted by molar-refractivity contribution is 0.0636. The Labute approximate surface area is 170 Å². The summed E-state index contributed by atoms with van der Waals surface area (Å²) in [6.07, 6.45) is -0.632. The van der Waals surface area contributed by atoms with Crippen molar-refractivity contribution >= 4 is 23.4 Å². The number of anilines is 1. The number of hydrogen-bond donors (Lipinski definition) is 2. The van der Waals surface area contributed by atoms with Crippen LogP contribution in [0.1, 0.15) is 38.0 Å². The second-order valence-corrected chi connectivity index (χ2v) is 7.67. The third-order valence-corrected chi connectivity index (χ3v) is 4.22. The largest absolute Gasteiger partial charge is 0.508 e. The average molecular weight is 408 g/mol. The molecule has 0 radical (unpaired) electrons. The molecular weight excluding hydrogens is 382 g/mol. The molecule has 0 aliphatic heterocycles. The van der Waals surface area contributed by atoms with Gasteiger partial charge in [-0.25, -0.2) is 4.79 Å². The number of ether oxygens (including phenoxy) is 3. The van der Waals surface area contributed by atoms with E-state index in [4.69, 9.17) is 25.8 Å². The summed E-state index contributed by atoms with van der Waals surface area (Å²) in [4.78, 5) is 12.1. The molecule has 2 N–H and O–H groups in total. The van der Waals surface area contributed by atoms with Gasteiger partial charge >= 0.3 is 6.09 Å². The summed E-state index contributed by atoms with van der Waals surface area (Å²) in [6, 6.07) is 10.3. The van der Waals surface area contributed by atoms with Gasteiger partial charge in [0.2, 0.25) is 0 Å². The fourth-order valence-electron chi connectivity index (χ4n) is 2.80. The molecule has 6 nitrogen and oxygen atoms in total. The molecule has 28 heavy (non-hydrogen) atoms. The lowest BCUT2D eigenvalue weighted by Crippen LogP contribution is -2.27. The number of rotatable bonds is 6. The van der Waals surface area contributed by atoms with Crippen LogP contribution in [-0.4, -0.2) is 31.0 Å². The molecule has 0 aromatic heterocycles. The van der Waals surface area contributed by atoms with E-state index in [1.165, 1.54) is 7.11 Å². The van der Waals surface area contributed by atoms with Crippen LogP contribution in [-0.2, 0) is 15.9 Å². The highest BCUT2D eigenvalue weighted by Crippen LogP contribution is 2.37. The van der Waals surface area contributed by atoms with Crippen molar-refractivity contribution in [3.63, 3.8) is 0 Å². The highest BCUT2D eigenvalue weighted by atomic mass is 35.5. The number of hydrogen-bond acceptors (Lipinski definition) is 5. The minimum Gasteiger partial charge on any atom is -0.508 e. The number of para-hydroxylation sites is 1. The van der Waals surface area contributed by atoms with Crippen LogP contribution >= 0.6 is 11.6 Å². The molecule has 0 aliphatic carbocycles. The van der Waals surface area contributed by atoms with Gasteiger partial charge in [-0.05, 0) is 39.0 Å². The zero-order valence-corrected chi connectivity index (χ0v) is 17.5. The quantitative estimate of drug-likeness (QED) is 0.676. The van der Waals surface area contributed by atoms with Crippen LogP contribution < -0.4 is 10.1 Å². The third-order valence-electron chi connectivity index (χ3n) is 3.94. The Bertz CT molecular complexity index is 832. The van der Waals surface area contributed by atoms with E-state index in [9.17, 15) is 9.90 Å². The first kappa shape index (κ1) is 21.9. The second-order valence-electron chi connectivity index (χ2n) is 7.26. The maximum absolute atomic E-state index is 12.1. The van der Waals surface area contributed by atoms with Gasteiger partial charge in [-0.2, -0.15) is 0 Å². The highest BCUT2D eigenvalue weighted by Gasteiger charge is 2.21. The van der Waals surface area contributed by atoms with E-state index in [-0.39, 0.29) is 5.75 Å². The SMILES string of the molecule is COc1c(Cl)cc(NC(=O)OC(C)(C)C)cc1CC(OC)c1ccccc1O. The van der Waals surface area contributed by atoms with Crippen molar-refractivity contribution in [2.75, 3.05) is 19.5 Å². The predicted molar refractivity (Wildman–Crippen MR) is 109 cm³/mol. The number of carbonyl (C=O) groups excluding carboxylic acids is 1. The van der Waals surface area contributed by atoms with Crippen molar-refractivity contribution in [2.24, 2.45) is 0 Å². The Kier molecular flexibility index (Phi) is 7.16. The summed E-state index contributed by atoms with van der Waals surface area (Å²) in [5.41, 5.74) is 1.22. The van der Waals surface area contributed by atoms with Gasteiger partial charge in [-0.3, -0.25) is 5.32 Å². The first-order chi connectivity index (χ1) is 13.1. The van der Waals surface area contributed by atoms with Crippen LogP contribution in [0.4, 0.5) is 10.5 Å². The molecule has 0 fully saturated rings. The van der Waals surface area contributed by atoms with Gasteiger partial charge in [0.05, 0.1) is 18.2 Å². The summed E-state index contributed by atoms with van der Waals surface area (Å²) in [6.45, 7) is 5.36. The smallest absolute Gasteiger partial charge is 0.412 e. The molecular formula is C21H26ClNO5. The summed E-state index contributed by atoms with van der Waals surface area (Å²) < 4.78 is 16.3. The molecule has 2 aromatic carbocycles. The van der Waals surface area contributed by atoms with Gasteiger partial charge in [0.25, 0.3) is 0 Å². The molecule has 0 aliphatic rings. The van der Waals surface area contributed by atoms with Crippen molar-refractivity contribution in [3.05, 3.63) is 52.5 Å². The van der Waals surface area contributed by atoms with Crippen LogP contribution in [0.5, 0.6) is 11.5 Å². The van der Waals surface area contributed by atoms with Gasteiger partial charge in [0.15, 0.2) is 0 Å². The van der Waals surface area contributed by atoms with Crippen LogP contribution in [0.25, 0.3) is 0 Å². The fraction of sp³-hybridized carbons (Fsp3) is 0.381. The van der Waals surface area contributed by atoms with Crippen molar-refractivity contribution in [3.8, 4) is 11.5 Å². The molecule has 0 heterocycles. The Hall–Kier alpha value is -2.44. The molecule has 0 bridgehead atoms. The number of methoxy groups -OCH3 is 2. The van der Waals surface area contributed by atoms with Crippen molar-refractivity contribution in [1.29, 1.82) is 0 Å². The zero-order chi connectivity index (χ0) is 20.9. The van der Waals surface area contributed by atoms with Crippen LogP contribution in [0, 0.1) is 0 Å².